The van der Waals surface area contributed by atoms with Crippen molar-refractivity contribution in [3.8, 4) is 5.69 Å². The molecule has 0 radical (unpaired) electrons. The van der Waals surface area contributed by atoms with E-state index in [4.69, 9.17) is 10.5 Å². The first-order valence-corrected chi connectivity index (χ1v) is 6.34. The van der Waals surface area contributed by atoms with Gasteiger partial charge >= 0.3 is 0 Å². The minimum atomic E-state index is -0.477. The molecule has 1 heterocycles. The summed E-state index contributed by atoms with van der Waals surface area (Å²) in [6.45, 7) is 2.30. The lowest BCUT2D eigenvalue weighted by molar-refractivity contribution is 0.100. The highest BCUT2D eigenvalue weighted by Crippen LogP contribution is 2.10. The number of carbonyl (C=O) groups excluding carboxylic acids is 1. The average molecular weight is 274 g/mol. The second-order valence-corrected chi connectivity index (χ2v) is 4.37. The smallest absolute Gasteiger partial charge is 0.251 e. The van der Waals surface area contributed by atoms with Crippen molar-refractivity contribution < 1.29 is 9.53 Å². The Kier molecular flexibility index (Phi) is 4.86. The molecule has 0 unspecified atom stereocenters. The number of methoxy groups -OCH3 is 1. The number of amides is 1. The molecule has 2 aromatic rings. The zero-order valence-electron chi connectivity index (χ0n) is 11.4. The molecule has 106 valence electrons. The number of hydrogen-bond donors (Lipinski definition) is 2. The summed E-state index contributed by atoms with van der Waals surface area (Å²) in [6.07, 6.45) is 3.08. The van der Waals surface area contributed by atoms with E-state index in [2.05, 4.69) is 10.4 Å². The van der Waals surface area contributed by atoms with Crippen molar-refractivity contribution >= 4 is 5.91 Å². The van der Waals surface area contributed by atoms with Crippen molar-refractivity contribution in [2.45, 2.75) is 6.54 Å². The normalized spacial score (nSPS) is 10.7. The van der Waals surface area contributed by atoms with Gasteiger partial charge in [-0.05, 0) is 17.7 Å². The quantitative estimate of drug-likeness (QED) is 0.728. The first-order chi connectivity index (χ1) is 9.70. The third kappa shape index (κ3) is 3.66. The molecule has 1 amide bonds. The van der Waals surface area contributed by atoms with Crippen LogP contribution in [0, 0.1) is 0 Å². The van der Waals surface area contributed by atoms with Gasteiger partial charge in [-0.15, -0.1) is 0 Å². The van der Waals surface area contributed by atoms with E-state index in [0.29, 0.717) is 12.2 Å². The highest BCUT2D eigenvalue weighted by molar-refractivity contribution is 5.92. The Balaban J connectivity index is 1.98. The molecule has 2 rings (SSSR count). The fourth-order valence-corrected chi connectivity index (χ4v) is 1.76. The molecule has 0 aliphatic heterocycles. The third-order valence-corrected chi connectivity index (χ3v) is 2.88. The fourth-order valence-electron chi connectivity index (χ4n) is 1.76. The van der Waals surface area contributed by atoms with Crippen LogP contribution in [-0.2, 0) is 11.3 Å². The summed E-state index contributed by atoms with van der Waals surface area (Å²) >= 11 is 0. The van der Waals surface area contributed by atoms with Gasteiger partial charge in [-0.25, -0.2) is 4.68 Å². The lowest BCUT2D eigenvalue weighted by Crippen LogP contribution is -2.18. The molecule has 0 atom stereocenters. The van der Waals surface area contributed by atoms with Gasteiger partial charge in [-0.1, -0.05) is 12.1 Å². The molecule has 0 saturated carbocycles. The summed E-state index contributed by atoms with van der Waals surface area (Å²) in [5.41, 5.74) is 7.66. The van der Waals surface area contributed by atoms with E-state index < -0.39 is 5.91 Å². The minimum absolute atomic E-state index is 0.398. The maximum absolute atomic E-state index is 11.0. The Hall–Kier alpha value is -2.18. The highest BCUT2D eigenvalue weighted by Gasteiger charge is 2.05. The maximum atomic E-state index is 11.0. The van der Waals surface area contributed by atoms with E-state index in [-0.39, 0.29) is 0 Å². The number of aromatic nitrogens is 2. The Morgan fingerprint density at radius 2 is 2.15 bits per heavy atom. The molecule has 3 N–H and O–H groups in total. The molecule has 20 heavy (non-hydrogen) atoms. The van der Waals surface area contributed by atoms with Gasteiger partial charge in [0.05, 0.1) is 24.1 Å². The topological polar surface area (TPSA) is 82.2 Å². The van der Waals surface area contributed by atoms with Crippen LogP contribution in [0.15, 0.2) is 36.7 Å². The molecule has 0 fully saturated rings. The Labute approximate surface area is 117 Å². The van der Waals surface area contributed by atoms with Crippen LogP contribution in [0.25, 0.3) is 5.69 Å². The number of rotatable bonds is 7. The molecule has 0 aliphatic carbocycles. The molecule has 0 saturated heterocycles. The SMILES string of the molecule is COCCNCc1ccc(-n2cc(C(N)=O)cn2)cc1. The number of benzene rings is 1. The molecule has 6 heteroatoms. The van der Waals surface area contributed by atoms with E-state index in [1.807, 2.05) is 24.3 Å². The number of nitrogens with zero attached hydrogens (tertiary/aromatic N) is 2. The second-order valence-electron chi connectivity index (χ2n) is 4.37. The van der Waals surface area contributed by atoms with Crippen LogP contribution in [0.3, 0.4) is 0 Å². The number of nitrogens with one attached hydrogen (secondary N) is 1. The van der Waals surface area contributed by atoms with Crippen molar-refractivity contribution in [3.05, 3.63) is 47.8 Å². The van der Waals surface area contributed by atoms with Gasteiger partial charge in [-0.3, -0.25) is 4.79 Å². The zero-order chi connectivity index (χ0) is 14.4. The fraction of sp³-hybridized carbons (Fsp3) is 0.286. The summed E-state index contributed by atoms with van der Waals surface area (Å²) in [7, 11) is 1.68. The van der Waals surface area contributed by atoms with Gasteiger partial charge in [0.25, 0.3) is 5.91 Å². The van der Waals surface area contributed by atoms with Crippen molar-refractivity contribution in [1.29, 1.82) is 0 Å². The van der Waals surface area contributed by atoms with Gasteiger partial charge in [-0.2, -0.15) is 5.10 Å². The lowest BCUT2D eigenvalue weighted by Gasteiger charge is -2.06. The summed E-state index contributed by atoms with van der Waals surface area (Å²) in [6, 6.07) is 7.93. The largest absolute Gasteiger partial charge is 0.383 e. The van der Waals surface area contributed by atoms with Crippen LogP contribution in [-0.4, -0.2) is 35.9 Å². The predicted molar refractivity (Wildman–Crippen MR) is 75.7 cm³/mol. The number of hydrogen-bond acceptors (Lipinski definition) is 4. The standard InChI is InChI=1S/C14H18N4O2/c1-20-7-6-16-8-11-2-4-13(5-3-11)18-10-12(9-17-18)14(15)19/h2-5,9-10,16H,6-8H2,1H3,(H2,15,19). The summed E-state index contributed by atoms with van der Waals surface area (Å²) in [4.78, 5) is 11.0. The van der Waals surface area contributed by atoms with E-state index in [1.54, 1.807) is 18.0 Å². The van der Waals surface area contributed by atoms with Gasteiger partial charge in [0, 0.05) is 26.4 Å². The second kappa shape index (κ2) is 6.83. The molecule has 0 bridgehead atoms. The van der Waals surface area contributed by atoms with Crippen LogP contribution < -0.4 is 11.1 Å². The zero-order valence-corrected chi connectivity index (χ0v) is 11.4. The number of ether oxygens (including phenoxy) is 1. The average Bonchev–Trinajstić information content (AvgIpc) is 2.94. The van der Waals surface area contributed by atoms with Crippen LogP contribution in [0.5, 0.6) is 0 Å². The molecule has 1 aromatic carbocycles. The van der Waals surface area contributed by atoms with Gasteiger partial charge in [0.1, 0.15) is 0 Å². The Morgan fingerprint density at radius 1 is 1.40 bits per heavy atom. The van der Waals surface area contributed by atoms with Crippen LogP contribution in [0.2, 0.25) is 0 Å². The van der Waals surface area contributed by atoms with Crippen LogP contribution >= 0.6 is 0 Å². The van der Waals surface area contributed by atoms with E-state index in [1.165, 1.54) is 11.8 Å². The third-order valence-electron chi connectivity index (χ3n) is 2.88. The molecule has 0 aliphatic rings. The number of nitrogens with two attached hydrogens (primary N) is 1. The Bertz CT molecular complexity index is 563. The monoisotopic (exact) mass is 274 g/mol. The lowest BCUT2D eigenvalue weighted by atomic mass is 10.2. The molecular weight excluding hydrogens is 256 g/mol. The van der Waals surface area contributed by atoms with Gasteiger partial charge in [0.2, 0.25) is 0 Å². The van der Waals surface area contributed by atoms with Crippen LogP contribution in [0.4, 0.5) is 0 Å². The molecule has 1 aromatic heterocycles. The van der Waals surface area contributed by atoms with Crippen molar-refractivity contribution in [3.63, 3.8) is 0 Å². The van der Waals surface area contributed by atoms with Gasteiger partial charge < -0.3 is 15.8 Å². The number of primary amides is 1. The summed E-state index contributed by atoms with van der Waals surface area (Å²) in [5, 5.41) is 7.38. The highest BCUT2D eigenvalue weighted by atomic mass is 16.5. The minimum Gasteiger partial charge on any atom is -0.383 e. The first kappa shape index (κ1) is 14.2. The summed E-state index contributed by atoms with van der Waals surface area (Å²) < 4.78 is 6.59. The van der Waals surface area contributed by atoms with Crippen molar-refractivity contribution in [2.75, 3.05) is 20.3 Å². The van der Waals surface area contributed by atoms with Gasteiger partial charge in [0.15, 0.2) is 0 Å². The number of carbonyl (C=O) groups is 1. The molecule has 0 spiro atoms. The van der Waals surface area contributed by atoms with Crippen LogP contribution in [0.1, 0.15) is 15.9 Å². The maximum Gasteiger partial charge on any atom is 0.251 e. The molecule has 6 nitrogen and oxygen atoms in total. The van der Waals surface area contributed by atoms with Crippen molar-refractivity contribution in [1.82, 2.24) is 15.1 Å². The van der Waals surface area contributed by atoms with Crippen molar-refractivity contribution in [2.24, 2.45) is 5.73 Å². The predicted octanol–water partition coefficient (Wildman–Crippen LogP) is 0.707. The molecular formula is C14H18N4O2. The first-order valence-electron chi connectivity index (χ1n) is 6.34. The van der Waals surface area contributed by atoms with E-state index in [0.717, 1.165) is 18.8 Å². The van der Waals surface area contributed by atoms with E-state index in [9.17, 15) is 4.79 Å². The summed E-state index contributed by atoms with van der Waals surface area (Å²) in [5.74, 6) is -0.477. The Morgan fingerprint density at radius 3 is 2.75 bits per heavy atom. The van der Waals surface area contributed by atoms with E-state index >= 15 is 0 Å².